The number of amides is 5. The van der Waals surface area contributed by atoms with Crippen LogP contribution < -0.4 is 51.1 Å². The second-order valence-electron chi connectivity index (χ2n) is 34.6. The topological polar surface area (TPSA) is 320 Å². The van der Waals surface area contributed by atoms with Crippen LogP contribution in [0, 0.1) is 0 Å². The van der Waals surface area contributed by atoms with Gasteiger partial charge < -0.3 is 92.4 Å². The smallest absolute Gasteiger partial charge is 0.272 e. The number of rotatable bonds is 20. The molecule has 5 aliphatic heterocycles. The number of ether oxygens (including phenoxy) is 5. The van der Waals surface area contributed by atoms with E-state index in [4.69, 9.17) is 23.7 Å². The maximum absolute atomic E-state index is 12.6. The molecule has 5 aliphatic rings. The van der Waals surface area contributed by atoms with Crippen LogP contribution in [0.2, 0.25) is 0 Å². The molecule has 5 amide bonds. The number of carbonyl (C=O) groups is 5. The monoisotopic (exact) mass is 1810 g/mol. The summed E-state index contributed by atoms with van der Waals surface area (Å²) in [5.41, 5.74) is 16.0. The lowest BCUT2D eigenvalue weighted by atomic mass is 10.0. The summed E-state index contributed by atoms with van der Waals surface area (Å²) in [7, 11) is 0. The second kappa shape index (κ2) is 43.3. The molecule has 10 aromatic heterocycles. The molecule has 7 atom stereocenters. The summed E-state index contributed by atoms with van der Waals surface area (Å²) < 4.78 is 36.6. The summed E-state index contributed by atoms with van der Waals surface area (Å²) in [6.07, 6.45) is 22.8. The normalized spacial score (nSPS) is 17.2. The van der Waals surface area contributed by atoms with E-state index in [2.05, 4.69) is 235 Å². The number of imidazole rings is 5. The van der Waals surface area contributed by atoms with Crippen molar-refractivity contribution in [2.75, 3.05) is 136 Å². The molecule has 15 aromatic rings. The molecule has 15 heterocycles. The van der Waals surface area contributed by atoms with Crippen molar-refractivity contribution in [1.82, 2.24) is 83.5 Å². The third-order valence-corrected chi connectivity index (χ3v) is 24.4. The Hall–Kier alpha value is -14.4. The van der Waals surface area contributed by atoms with Gasteiger partial charge in [-0.2, -0.15) is 0 Å². The summed E-state index contributed by atoms with van der Waals surface area (Å²) in [5.74, 6) is -0.400. The maximum Gasteiger partial charge on any atom is 0.272 e. The summed E-state index contributed by atoms with van der Waals surface area (Å²) in [4.78, 5) is 104. The number of pyridine rings is 3. The van der Waals surface area contributed by atoms with Crippen molar-refractivity contribution in [3.05, 3.63) is 319 Å². The van der Waals surface area contributed by atoms with Crippen LogP contribution in [0.3, 0.4) is 0 Å². The molecule has 5 fully saturated rings. The Balaban J connectivity index is 0.000000122. The van der Waals surface area contributed by atoms with E-state index in [9.17, 15) is 24.0 Å². The summed E-state index contributed by atoms with van der Waals surface area (Å²) in [6.45, 7) is 32.5. The van der Waals surface area contributed by atoms with Crippen LogP contribution in [0.5, 0.6) is 0 Å². The Labute approximate surface area is 778 Å². The van der Waals surface area contributed by atoms with Crippen LogP contribution >= 0.6 is 0 Å². The number of benzene rings is 5. The SMILES string of the molecule is C[C@@H](NC(=O)c1cn2ccccc2n1)c1ccc(N2CCOC(C)(C)C2)cc1.C[C@@H](NC(=O)c1cn2ccccc2n1)c1ccc(N2CCOC[C@@H]2C)cc1.C[C@@H](NC(=O)c1cn2cccnc2n1)c1ccc(N2CCOCC2)cc1.C[C@@H](NC(=O)c1cn2ccncc2n1)c1ccc(N2CCOCC2)cc1.C[C@@H]1COCCN1c1ccc([C@@H](C)NC(=O)c2cn3ccccc3n2)cc1. The van der Waals surface area contributed by atoms with Gasteiger partial charge in [-0.1, -0.05) is 78.9 Å². The van der Waals surface area contributed by atoms with Gasteiger partial charge in [-0.05, 0) is 193 Å². The number of anilines is 5. The average Bonchev–Trinajstić information content (AvgIpc) is 1.77. The minimum atomic E-state index is -0.208. The van der Waals surface area contributed by atoms with Gasteiger partial charge in [0.2, 0.25) is 5.78 Å². The van der Waals surface area contributed by atoms with Gasteiger partial charge in [0, 0.05) is 167 Å². The van der Waals surface area contributed by atoms with Crippen molar-refractivity contribution in [1.29, 1.82) is 0 Å². The first kappa shape index (κ1) is 92.8. The first-order valence-electron chi connectivity index (χ1n) is 45.7. The van der Waals surface area contributed by atoms with Crippen LogP contribution in [0.4, 0.5) is 28.4 Å². The largest absolute Gasteiger partial charge is 0.378 e. The van der Waals surface area contributed by atoms with Crippen LogP contribution in [0.15, 0.2) is 263 Å². The number of fused-ring (bicyclic) bond motifs is 5. The van der Waals surface area contributed by atoms with Crippen LogP contribution in [-0.4, -0.2) is 216 Å². The minimum absolute atomic E-state index is 0.0986. The molecule has 5 N–H and O–H groups in total. The van der Waals surface area contributed by atoms with Gasteiger partial charge in [0.1, 0.15) is 45.4 Å². The fourth-order valence-corrected chi connectivity index (χ4v) is 16.7. The molecule has 0 spiro atoms. The highest BCUT2D eigenvalue weighted by molar-refractivity contribution is 5.95. The molecule has 0 saturated carbocycles. The molecular formula is C102H116N22O10. The summed E-state index contributed by atoms with van der Waals surface area (Å²) in [5, 5.41) is 15.1. The molecule has 32 nitrogen and oxygen atoms in total. The zero-order chi connectivity index (χ0) is 93.2. The van der Waals surface area contributed by atoms with E-state index in [1.807, 2.05) is 127 Å². The molecule has 0 radical (unpaired) electrons. The Morgan fingerprint density at radius 2 is 0.649 bits per heavy atom. The van der Waals surface area contributed by atoms with E-state index in [0.29, 0.717) is 52.0 Å². The maximum atomic E-state index is 12.6. The Morgan fingerprint density at radius 1 is 0.336 bits per heavy atom. The molecule has 0 aliphatic carbocycles. The van der Waals surface area contributed by atoms with E-state index in [1.165, 1.54) is 28.4 Å². The number of nitrogens with one attached hydrogen (secondary N) is 5. The Bertz CT molecular complexity index is 5980. The lowest BCUT2D eigenvalue weighted by molar-refractivity contribution is -0.0277. The third kappa shape index (κ3) is 23.5. The molecule has 5 aromatic carbocycles. The van der Waals surface area contributed by atoms with Gasteiger partial charge in [-0.15, -0.1) is 0 Å². The molecule has 20 rings (SSSR count). The molecule has 0 bridgehead atoms. The van der Waals surface area contributed by atoms with Crippen molar-refractivity contribution in [3.8, 4) is 0 Å². The number of morpholine rings is 5. The fraction of sp³-hybridized carbons (Fsp3) is 0.333. The van der Waals surface area contributed by atoms with E-state index in [-0.39, 0.29) is 65.3 Å². The van der Waals surface area contributed by atoms with Crippen LogP contribution in [-0.2, 0) is 23.7 Å². The van der Waals surface area contributed by atoms with E-state index in [0.717, 1.165) is 157 Å². The lowest BCUT2D eigenvalue weighted by Gasteiger charge is -2.39. The Morgan fingerprint density at radius 3 is 0.993 bits per heavy atom. The number of nitrogens with zero attached hydrogens (tertiary/aromatic N) is 17. The molecule has 5 saturated heterocycles. The van der Waals surface area contributed by atoms with Crippen molar-refractivity contribution in [3.63, 3.8) is 0 Å². The van der Waals surface area contributed by atoms with Gasteiger partial charge in [0.05, 0.1) is 101 Å². The first-order valence-corrected chi connectivity index (χ1v) is 45.7. The van der Waals surface area contributed by atoms with Gasteiger partial charge in [-0.25, -0.2) is 29.9 Å². The van der Waals surface area contributed by atoms with Gasteiger partial charge >= 0.3 is 0 Å². The van der Waals surface area contributed by atoms with Crippen molar-refractivity contribution >= 4 is 86.3 Å². The molecule has 32 heteroatoms. The van der Waals surface area contributed by atoms with Gasteiger partial charge in [-0.3, -0.25) is 33.4 Å². The second-order valence-corrected chi connectivity index (χ2v) is 34.6. The molecule has 134 heavy (non-hydrogen) atoms. The van der Waals surface area contributed by atoms with Gasteiger partial charge in [0.25, 0.3) is 29.5 Å². The number of hydrogen-bond acceptors (Lipinski definition) is 22. The Kier molecular flexibility index (Phi) is 30.0. The molecular weight excluding hydrogens is 1690 g/mol. The lowest BCUT2D eigenvalue weighted by Crippen LogP contribution is -2.48. The highest BCUT2D eigenvalue weighted by Gasteiger charge is 2.30. The predicted octanol–water partition coefficient (Wildman–Crippen LogP) is 13.7. The molecule has 0 unspecified atom stereocenters. The van der Waals surface area contributed by atoms with E-state index >= 15 is 0 Å². The van der Waals surface area contributed by atoms with Gasteiger partial charge in [0.15, 0.2) is 5.65 Å². The van der Waals surface area contributed by atoms with Crippen LogP contribution in [0.25, 0.3) is 28.4 Å². The fourth-order valence-electron chi connectivity index (χ4n) is 16.7. The predicted molar refractivity (Wildman–Crippen MR) is 517 cm³/mol. The highest BCUT2D eigenvalue weighted by Crippen LogP contribution is 2.30. The van der Waals surface area contributed by atoms with Crippen molar-refractivity contribution < 1.29 is 47.7 Å². The number of carbonyl (C=O) groups excluding carboxylic acids is 5. The van der Waals surface area contributed by atoms with Crippen LogP contribution in [0.1, 0.15) is 173 Å². The summed E-state index contributed by atoms with van der Waals surface area (Å²) in [6, 6.07) is 60.9. The molecule has 694 valence electrons. The minimum Gasteiger partial charge on any atom is -0.378 e. The number of hydrogen-bond donors (Lipinski definition) is 5. The number of aromatic nitrogens is 12. The van der Waals surface area contributed by atoms with Crippen molar-refractivity contribution in [2.45, 2.75) is 110 Å². The van der Waals surface area contributed by atoms with E-state index < -0.39 is 0 Å². The quantitative estimate of drug-likeness (QED) is 0.0473. The first-order chi connectivity index (χ1) is 65.0. The van der Waals surface area contributed by atoms with Crippen molar-refractivity contribution in [2.24, 2.45) is 0 Å². The zero-order valence-corrected chi connectivity index (χ0v) is 77.1. The average molecular weight is 1810 g/mol. The highest BCUT2D eigenvalue weighted by atomic mass is 16.5. The summed E-state index contributed by atoms with van der Waals surface area (Å²) >= 11 is 0. The standard InChI is InChI=1S/C22H26N4O2.2C21H24N4O2.2C19H21N5O2/c1-16(23-21(27)19-14-25-11-5-4-6-20(25)24-19)17-7-9-18(10-8-17)26-12-13-28-22(2,3)15-26;2*1-15-14-27-12-11-25(15)18-8-6-17(7-9-18)16(2)22-21(26)19-13-24-10-4-3-5-20(24)23-19;1-14(15-3-5-16(6-4-15)23-9-11-26-12-10-23)21-18(25)17-13-24-8-2-7-20-19(24)22-17;1-14(15-2-4-16(5-3-15)23-8-10-26-11-9-23)21-19(25)17-13-24-7-6-20-12-18(24)22-17/h4-11,14,16H,12-13,15H2,1-3H3,(H,23,27);2*3-10,13,15-16H,11-12,14H2,1-2H3,(H,22,26);2-8,13-14H,9-12H2,1H3,(H,21,25);2-7,12-14H,8-11H2,1H3,(H,21,25)/t16-;15-,16+;15-,16-;2*14-/m10111/s1. The third-order valence-electron chi connectivity index (χ3n) is 24.4. The zero-order valence-electron chi connectivity index (χ0n) is 77.1. The van der Waals surface area contributed by atoms with E-state index in [1.54, 1.807) is 70.6 Å².